The second-order valence-electron chi connectivity index (χ2n) is 5.44. The molecule has 0 spiro atoms. The number of ether oxygens (including phenoxy) is 1. The van der Waals surface area contributed by atoms with Gasteiger partial charge in [-0.1, -0.05) is 58.0 Å². The number of carbonyl (C=O) groups is 1. The Morgan fingerprint density at radius 2 is 1.88 bits per heavy atom. The summed E-state index contributed by atoms with van der Waals surface area (Å²) in [5, 5.41) is 1.59. The first-order valence-electron chi connectivity index (χ1n) is 7.57. The van der Waals surface area contributed by atoms with Crippen molar-refractivity contribution >= 4 is 44.6 Å². The molecule has 0 aliphatic carbocycles. The van der Waals surface area contributed by atoms with E-state index in [9.17, 15) is 4.79 Å². The standard InChI is InChI=1S/C18H13BrN2O2S/c19-12-7-5-11(6-8-12)16-20-14-4-2-1-3-13(14)17(21-16)24-15-9-10-23-18(15)22/h1-8,15H,9-10H2/t15-/m0/s1. The molecule has 2 heterocycles. The van der Waals surface area contributed by atoms with E-state index in [1.165, 1.54) is 11.8 Å². The average Bonchev–Trinajstić information content (AvgIpc) is 3.00. The topological polar surface area (TPSA) is 52.1 Å². The third-order valence-corrected chi connectivity index (χ3v) is 5.59. The molecule has 0 saturated carbocycles. The van der Waals surface area contributed by atoms with Gasteiger partial charge in [0.2, 0.25) is 0 Å². The van der Waals surface area contributed by atoms with Crippen molar-refractivity contribution in [1.82, 2.24) is 9.97 Å². The minimum atomic E-state index is -0.193. The van der Waals surface area contributed by atoms with Crippen LogP contribution in [0.5, 0.6) is 0 Å². The molecule has 0 bridgehead atoms. The zero-order valence-electron chi connectivity index (χ0n) is 12.6. The zero-order valence-corrected chi connectivity index (χ0v) is 15.0. The number of hydrogen-bond donors (Lipinski definition) is 0. The minimum Gasteiger partial charge on any atom is -0.465 e. The van der Waals surface area contributed by atoms with Gasteiger partial charge >= 0.3 is 5.97 Å². The summed E-state index contributed by atoms with van der Waals surface area (Å²) >= 11 is 4.91. The van der Waals surface area contributed by atoms with Crippen LogP contribution in [0.3, 0.4) is 0 Å². The van der Waals surface area contributed by atoms with Crippen LogP contribution < -0.4 is 0 Å². The lowest BCUT2D eigenvalue weighted by Gasteiger charge is -2.10. The Labute approximate surface area is 151 Å². The summed E-state index contributed by atoms with van der Waals surface area (Å²) in [6.07, 6.45) is 0.718. The van der Waals surface area contributed by atoms with Gasteiger partial charge in [0.15, 0.2) is 5.82 Å². The fraction of sp³-hybridized carbons (Fsp3) is 0.167. The van der Waals surface area contributed by atoms with E-state index in [-0.39, 0.29) is 11.2 Å². The quantitative estimate of drug-likeness (QED) is 0.479. The van der Waals surface area contributed by atoms with Crippen LogP contribution in [0.1, 0.15) is 6.42 Å². The molecule has 0 unspecified atom stereocenters. The lowest BCUT2D eigenvalue weighted by atomic mass is 10.2. The smallest absolute Gasteiger partial charge is 0.319 e. The lowest BCUT2D eigenvalue weighted by Crippen LogP contribution is -2.10. The van der Waals surface area contributed by atoms with E-state index < -0.39 is 0 Å². The minimum absolute atomic E-state index is 0.159. The van der Waals surface area contributed by atoms with Crippen LogP contribution >= 0.6 is 27.7 Å². The number of aromatic nitrogens is 2. The molecule has 1 fully saturated rings. The van der Waals surface area contributed by atoms with Crippen molar-refractivity contribution in [3.63, 3.8) is 0 Å². The number of esters is 1. The van der Waals surface area contributed by atoms with Gasteiger partial charge in [0.05, 0.1) is 12.1 Å². The molecule has 1 saturated heterocycles. The maximum Gasteiger partial charge on any atom is 0.319 e. The van der Waals surface area contributed by atoms with Gasteiger partial charge in [0.25, 0.3) is 0 Å². The number of thioether (sulfide) groups is 1. The SMILES string of the molecule is O=C1OCC[C@@H]1Sc1nc(-c2ccc(Br)cc2)nc2ccccc12. The molecule has 1 aromatic heterocycles. The maximum atomic E-state index is 11.8. The number of cyclic esters (lactones) is 1. The predicted octanol–water partition coefficient (Wildman–Crippen LogP) is 4.47. The maximum absolute atomic E-state index is 11.8. The van der Waals surface area contributed by atoms with Crippen LogP contribution in [-0.2, 0) is 9.53 Å². The summed E-state index contributed by atoms with van der Waals surface area (Å²) in [5.74, 6) is 0.503. The highest BCUT2D eigenvalue weighted by Gasteiger charge is 2.28. The van der Waals surface area contributed by atoms with E-state index in [2.05, 4.69) is 20.9 Å². The average molecular weight is 401 g/mol. The Balaban J connectivity index is 1.81. The van der Waals surface area contributed by atoms with E-state index >= 15 is 0 Å². The Hall–Kier alpha value is -1.92. The second kappa shape index (κ2) is 6.53. The molecule has 0 radical (unpaired) electrons. The summed E-state index contributed by atoms with van der Waals surface area (Å²) in [5.41, 5.74) is 1.82. The fourth-order valence-electron chi connectivity index (χ4n) is 2.58. The van der Waals surface area contributed by atoms with Crippen LogP contribution in [0.4, 0.5) is 0 Å². The number of halogens is 1. The van der Waals surface area contributed by atoms with Crippen molar-refractivity contribution in [2.24, 2.45) is 0 Å². The summed E-state index contributed by atoms with van der Waals surface area (Å²) in [6.45, 7) is 0.485. The number of rotatable bonds is 3. The highest BCUT2D eigenvalue weighted by atomic mass is 79.9. The largest absolute Gasteiger partial charge is 0.465 e. The number of para-hydroxylation sites is 1. The van der Waals surface area contributed by atoms with Crippen LogP contribution in [-0.4, -0.2) is 27.8 Å². The van der Waals surface area contributed by atoms with Gasteiger partial charge in [0.1, 0.15) is 10.3 Å². The van der Waals surface area contributed by atoms with Gasteiger partial charge in [-0.3, -0.25) is 4.79 Å². The first-order chi connectivity index (χ1) is 11.7. The molecule has 120 valence electrons. The normalized spacial score (nSPS) is 17.2. The van der Waals surface area contributed by atoms with Crippen LogP contribution in [0.15, 0.2) is 58.0 Å². The molecular formula is C18H13BrN2O2S. The zero-order chi connectivity index (χ0) is 16.5. The van der Waals surface area contributed by atoms with Gasteiger partial charge in [-0.05, 0) is 18.2 Å². The monoisotopic (exact) mass is 400 g/mol. The number of fused-ring (bicyclic) bond motifs is 1. The van der Waals surface area contributed by atoms with Crippen molar-refractivity contribution in [3.05, 3.63) is 53.0 Å². The van der Waals surface area contributed by atoms with Gasteiger partial charge < -0.3 is 4.74 Å². The highest BCUT2D eigenvalue weighted by molar-refractivity contribution is 9.10. The van der Waals surface area contributed by atoms with E-state index in [4.69, 9.17) is 9.72 Å². The van der Waals surface area contributed by atoms with E-state index in [0.29, 0.717) is 12.4 Å². The van der Waals surface area contributed by atoms with Gasteiger partial charge in [-0.2, -0.15) is 0 Å². The van der Waals surface area contributed by atoms with E-state index in [1.54, 1.807) is 0 Å². The van der Waals surface area contributed by atoms with Crippen LogP contribution in [0.25, 0.3) is 22.3 Å². The Morgan fingerprint density at radius 3 is 2.62 bits per heavy atom. The number of benzene rings is 2. The summed E-state index contributed by atoms with van der Waals surface area (Å²) < 4.78 is 6.08. The number of nitrogens with zero attached hydrogens (tertiary/aromatic N) is 2. The Bertz CT molecular complexity index is 915. The van der Waals surface area contributed by atoms with Crippen molar-refractivity contribution in [2.75, 3.05) is 6.61 Å². The first kappa shape index (κ1) is 15.6. The van der Waals surface area contributed by atoms with Gasteiger partial charge in [-0.25, -0.2) is 9.97 Å². The first-order valence-corrected chi connectivity index (χ1v) is 9.24. The predicted molar refractivity (Wildman–Crippen MR) is 97.9 cm³/mol. The molecule has 4 nitrogen and oxygen atoms in total. The van der Waals surface area contributed by atoms with E-state index in [0.717, 1.165) is 32.4 Å². The number of hydrogen-bond acceptors (Lipinski definition) is 5. The van der Waals surface area contributed by atoms with Crippen molar-refractivity contribution in [2.45, 2.75) is 16.7 Å². The van der Waals surface area contributed by atoms with Crippen molar-refractivity contribution in [3.8, 4) is 11.4 Å². The molecule has 1 atom stereocenters. The molecular weight excluding hydrogens is 388 g/mol. The molecule has 1 aliphatic rings. The molecule has 1 aliphatic heterocycles. The molecule has 0 amide bonds. The van der Waals surface area contributed by atoms with E-state index in [1.807, 2.05) is 48.5 Å². The third kappa shape index (κ3) is 3.03. The number of carbonyl (C=O) groups excluding carboxylic acids is 1. The second-order valence-corrected chi connectivity index (χ2v) is 7.55. The molecule has 2 aromatic carbocycles. The molecule has 4 rings (SSSR count). The van der Waals surface area contributed by atoms with Crippen LogP contribution in [0, 0.1) is 0 Å². The van der Waals surface area contributed by atoms with Crippen LogP contribution in [0.2, 0.25) is 0 Å². The molecule has 6 heteroatoms. The van der Waals surface area contributed by atoms with Crippen molar-refractivity contribution < 1.29 is 9.53 Å². The summed E-state index contributed by atoms with van der Waals surface area (Å²) in [6, 6.07) is 15.8. The Morgan fingerprint density at radius 1 is 1.08 bits per heavy atom. The summed E-state index contributed by atoms with van der Waals surface area (Å²) in [7, 11) is 0. The van der Waals surface area contributed by atoms with Crippen molar-refractivity contribution in [1.29, 1.82) is 0 Å². The fourth-order valence-corrected chi connectivity index (χ4v) is 3.94. The highest BCUT2D eigenvalue weighted by Crippen LogP contribution is 2.34. The summed E-state index contributed by atoms with van der Waals surface area (Å²) in [4.78, 5) is 21.2. The van der Waals surface area contributed by atoms with Gasteiger partial charge in [-0.15, -0.1) is 0 Å². The molecule has 24 heavy (non-hydrogen) atoms. The molecule has 0 N–H and O–H groups in total. The Kier molecular flexibility index (Phi) is 4.24. The lowest BCUT2D eigenvalue weighted by molar-refractivity contribution is -0.137. The van der Waals surface area contributed by atoms with Gasteiger partial charge in [0, 0.05) is 21.8 Å². The molecule has 3 aromatic rings. The third-order valence-electron chi connectivity index (χ3n) is 3.81.